The lowest BCUT2D eigenvalue weighted by molar-refractivity contribution is -0.138. The van der Waals surface area contributed by atoms with Gasteiger partial charge in [0.1, 0.15) is 11.7 Å². The Bertz CT molecular complexity index is 909. The summed E-state index contributed by atoms with van der Waals surface area (Å²) in [5.74, 6) is -2.87. The van der Waals surface area contributed by atoms with Gasteiger partial charge >= 0.3 is 5.97 Å². The van der Waals surface area contributed by atoms with E-state index in [-0.39, 0.29) is 17.8 Å². The molecule has 0 aromatic heterocycles. The van der Waals surface area contributed by atoms with E-state index in [0.29, 0.717) is 5.56 Å². The Morgan fingerprint density at radius 3 is 2.58 bits per heavy atom. The molecule has 5 nitrogen and oxygen atoms in total. The van der Waals surface area contributed by atoms with Crippen molar-refractivity contribution in [2.45, 2.75) is 5.92 Å². The Balaban J connectivity index is 1.98. The van der Waals surface area contributed by atoms with Crippen LogP contribution in [0, 0.1) is 5.82 Å². The summed E-state index contributed by atoms with van der Waals surface area (Å²) in [6.07, 6.45) is 1.44. The van der Waals surface area contributed by atoms with Crippen LogP contribution in [0.1, 0.15) is 17.0 Å². The zero-order valence-corrected chi connectivity index (χ0v) is 13.3. The SMILES string of the molecule is O=C(O)C1CN(S(=O)(=O)/C=C/c2ccccc2)c2ccc(F)cc21. The molecule has 1 heterocycles. The lowest BCUT2D eigenvalue weighted by atomic mass is 10.0. The van der Waals surface area contributed by atoms with Crippen molar-refractivity contribution in [2.75, 3.05) is 10.8 Å². The molecular weight excluding hydrogens is 333 g/mol. The minimum atomic E-state index is -3.88. The molecule has 3 rings (SSSR count). The fraction of sp³-hybridized carbons (Fsp3) is 0.118. The summed E-state index contributed by atoms with van der Waals surface area (Å²) in [6, 6.07) is 12.4. The summed E-state index contributed by atoms with van der Waals surface area (Å²) >= 11 is 0. The molecule has 1 N–H and O–H groups in total. The molecule has 24 heavy (non-hydrogen) atoms. The van der Waals surface area contributed by atoms with E-state index in [1.54, 1.807) is 24.3 Å². The number of fused-ring (bicyclic) bond motifs is 1. The van der Waals surface area contributed by atoms with Crippen LogP contribution in [-0.4, -0.2) is 26.0 Å². The number of hydrogen-bond donors (Lipinski definition) is 1. The second-order valence-electron chi connectivity index (χ2n) is 5.38. The van der Waals surface area contributed by atoms with Crippen molar-refractivity contribution in [3.05, 3.63) is 70.9 Å². The Hall–Kier alpha value is -2.67. The molecule has 0 aliphatic carbocycles. The fourth-order valence-electron chi connectivity index (χ4n) is 2.65. The normalized spacial score (nSPS) is 17.2. The number of carboxylic acids is 1. The number of benzene rings is 2. The highest BCUT2D eigenvalue weighted by Gasteiger charge is 2.38. The van der Waals surface area contributed by atoms with Crippen molar-refractivity contribution >= 4 is 27.8 Å². The number of carbonyl (C=O) groups is 1. The van der Waals surface area contributed by atoms with Crippen LogP contribution in [0.25, 0.3) is 6.08 Å². The number of carboxylic acid groups (broad SMARTS) is 1. The highest BCUT2D eigenvalue weighted by atomic mass is 32.2. The van der Waals surface area contributed by atoms with Gasteiger partial charge in [-0.2, -0.15) is 0 Å². The van der Waals surface area contributed by atoms with Crippen molar-refractivity contribution in [1.29, 1.82) is 0 Å². The van der Waals surface area contributed by atoms with Crippen LogP contribution < -0.4 is 4.31 Å². The molecule has 0 amide bonds. The number of aliphatic carboxylic acids is 1. The minimum absolute atomic E-state index is 0.166. The maximum atomic E-state index is 13.4. The van der Waals surface area contributed by atoms with Gasteiger partial charge in [0, 0.05) is 0 Å². The van der Waals surface area contributed by atoms with Gasteiger partial charge in [0.25, 0.3) is 10.0 Å². The molecule has 1 aliphatic rings. The van der Waals surface area contributed by atoms with Crippen LogP contribution in [0.2, 0.25) is 0 Å². The monoisotopic (exact) mass is 347 g/mol. The quantitative estimate of drug-likeness (QED) is 0.923. The van der Waals surface area contributed by atoms with Crippen molar-refractivity contribution in [3.63, 3.8) is 0 Å². The van der Waals surface area contributed by atoms with Gasteiger partial charge in [0.2, 0.25) is 0 Å². The Morgan fingerprint density at radius 2 is 1.92 bits per heavy atom. The van der Waals surface area contributed by atoms with Crippen LogP contribution in [0.15, 0.2) is 53.9 Å². The maximum absolute atomic E-state index is 13.4. The largest absolute Gasteiger partial charge is 0.481 e. The van der Waals surface area contributed by atoms with Gasteiger partial charge < -0.3 is 5.11 Å². The number of anilines is 1. The molecule has 0 fully saturated rings. The summed E-state index contributed by atoms with van der Waals surface area (Å²) in [7, 11) is -3.88. The molecule has 0 radical (unpaired) electrons. The molecule has 1 aliphatic heterocycles. The zero-order chi connectivity index (χ0) is 17.3. The highest BCUT2D eigenvalue weighted by molar-refractivity contribution is 7.95. The van der Waals surface area contributed by atoms with Gasteiger partial charge in [-0.25, -0.2) is 12.8 Å². The predicted octanol–water partition coefficient (Wildman–Crippen LogP) is 2.81. The average Bonchev–Trinajstić information content (AvgIpc) is 2.94. The van der Waals surface area contributed by atoms with E-state index in [2.05, 4.69) is 0 Å². The summed E-state index contributed by atoms with van der Waals surface area (Å²) < 4.78 is 39.6. The van der Waals surface area contributed by atoms with E-state index < -0.39 is 27.7 Å². The topological polar surface area (TPSA) is 74.7 Å². The van der Waals surface area contributed by atoms with Crippen molar-refractivity contribution in [3.8, 4) is 0 Å². The predicted molar refractivity (Wildman–Crippen MR) is 88.5 cm³/mol. The molecule has 2 aromatic rings. The lowest BCUT2D eigenvalue weighted by Crippen LogP contribution is -2.29. The second-order valence-corrected chi connectivity index (χ2v) is 7.13. The summed E-state index contributed by atoms with van der Waals surface area (Å²) in [5, 5.41) is 10.3. The molecule has 0 saturated carbocycles. The first-order valence-electron chi connectivity index (χ1n) is 7.16. The Labute approximate surface area is 138 Å². The van der Waals surface area contributed by atoms with Crippen LogP contribution >= 0.6 is 0 Å². The van der Waals surface area contributed by atoms with Crippen molar-refractivity contribution in [2.24, 2.45) is 0 Å². The van der Waals surface area contributed by atoms with Gasteiger partial charge in [-0.1, -0.05) is 30.3 Å². The van der Waals surface area contributed by atoms with Gasteiger partial charge in [0.15, 0.2) is 0 Å². The summed E-state index contributed by atoms with van der Waals surface area (Å²) in [6.45, 7) is -0.254. The highest BCUT2D eigenvalue weighted by Crippen LogP contribution is 2.39. The summed E-state index contributed by atoms with van der Waals surface area (Å²) in [5.41, 5.74) is 1.06. The van der Waals surface area contributed by atoms with E-state index in [0.717, 1.165) is 21.8 Å². The average molecular weight is 347 g/mol. The lowest BCUT2D eigenvalue weighted by Gasteiger charge is -2.17. The molecule has 2 aromatic carbocycles. The van der Waals surface area contributed by atoms with Crippen molar-refractivity contribution < 1.29 is 22.7 Å². The zero-order valence-electron chi connectivity index (χ0n) is 12.5. The van der Waals surface area contributed by atoms with Gasteiger partial charge in [0.05, 0.1) is 17.6 Å². The first kappa shape index (κ1) is 16.2. The van der Waals surface area contributed by atoms with E-state index >= 15 is 0 Å². The van der Waals surface area contributed by atoms with Crippen LogP contribution in [0.4, 0.5) is 10.1 Å². The number of rotatable bonds is 4. The van der Waals surface area contributed by atoms with Gasteiger partial charge in [-0.15, -0.1) is 0 Å². The second kappa shape index (κ2) is 6.09. The smallest absolute Gasteiger partial charge is 0.312 e. The first-order valence-corrected chi connectivity index (χ1v) is 8.67. The molecule has 7 heteroatoms. The molecule has 1 atom stereocenters. The van der Waals surface area contributed by atoms with Crippen molar-refractivity contribution in [1.82, 2.24) is 0 Å². The molecule has 0 spiro atoms. The Kier molecular flexibility index (Phi) is 4.11. The minimum Gasteiger partial charge on any atom is -0.481 e. The first-order chi connectivity index (χ1) is 11.4. The van der Waals surface area contributed by atoms with E-state index in [9.17, 15) is 22.7 Å². The molecule has 0 bridgehead atoms. The summed E-state index contributed by atoms with van der Waals surface area (Å²) in [4.78, 5) is 11.4. The Morgan fingerprint density at radius 1 is 1.21 bits per heavy atom. The molecular formula is C17H14FNO4S. The van der Waals surface area contributed by atoms with Crippen LogP contribution in [0.3, 0.4) is 0 Å². The fourth-order valence-corrected chi connectivity index (χ4v) is 3.92. The van der Waals surface area contributed by atoms with Crippen LogP contribution in [0.5, 0.6) is 0 Å². The standard InChI is InChI=1S/C17H14FNO4S/c18-13-6-7-16-14(10-13)15(17(20)21)11-19(16)24(22,23)9-8-12-4-2-1-3-5-12/h1-10,15H,11H2,(H,20,21)/b9-8+. The van der Waals surface area contributed by atoms with Crippen LogP contribution in [-0.2, 0) is 14.8 Å². The molecule has 124 valence electrons. The number of nitrogens with zero attached hydrogens (tertiary/aromatic N) is 1. The third-order valence-corrected chi connectivity index (χ3v) is 5.26. The number of hydrogen-bond acceptors (Lipinski definition) is 3. The van der Waals surface area contributed by atoms with Gasteiger partial charge in [-0.3, -0.25) is 9.10 Å². The number of sulfonamides is 1. The van der Waals surface area contributed by atoms with Gasteiger partial charge in [-0.05, 0) is 35.4 Å². The third kappa shape index (κ3) is 3.03. The number of halogens is 1. The maximum Gasteiger partial charge on any atom is 0.312 e. The van der Waals surface area contributed by atoms with E-state index in [1.807, 2.05) is 6.07 Å². The molecule has 1 unspecified atom stereocenters. The molecule has 0 saturated heterocycles. The van der Waals surface area contributed by atoms with E-state index in [4.69, 9.17) is 0 Å². The third-order valence-electron chi connectivity index (χ3n) is 3.82. The van der Waals surface area contributed by atoms with E-state index in [1.165, 1.54) is 12.1 Å².